The van der Waals surface area contributed by atoms with Gasteiger partial charge in [-0.25, -0.2) is 5.84 Å². The lowest BCUT2D eigenvalue weighted by Crippen LogP contribution is -2.31. The number of anilines is 2. The molecule has 7 N–H and O–H groups in total. The Balaban J connectivity index is 3.10. The molecule has 1 rings (SSSR count). The highest BCUT2D eigenvalue weighted by molar-refractivity contribution is 6.01. The number of benzene rings is 1. The van der Waals surface area contributed by atoms with Gasteiger partial charge in [0.1, 0.15) is 0 Å². The molecule has 0 aliphatic rings. The highest BCUT2D eigenvalue weighted by Crippen LogP contribution is 2.19. The average molecular weight is 223 g/mol. The number of nitrogens with one attached hydrogen (secondary N) is 3. The number of rotatable bonds is 3. The Hall–Kier alpha value is -2.12. The summed E-state index contributed by atoms with van der Waals surface area (Å²) >= 11 is 0. The van der Waals surface area contributed by atoms with Crippen LogP contribution in [0.2, 0.25) is 0 Å². The summed E-state index contributed by atoms with van der Waals surface area (Å²) in [5, 5.41) is 2.55. The van der Waals surface area contributed by atoms with E-state index in [2.05, 4.69) is 10.7 Å². The highest BCUT2D eigenvalue weighted by atomic mass is 16.2. The Bertz CT molecular complexity index is 418. The summed E-state index contributed by atoms with van der Waals surface area (Å²) in [6.07, 6.45) is 0. The van der Waals surface area contributed by atoms with Crippen molar-refractivity contribution in [3.8, 4) is 0 Å². The van der Waals surface area contributed by atoms with Crippen LogP contribution in [0.15, 0.2) is 18.2 Å². The molecule has 1 aromatic carbocycles. The van der Waals surface area contributed by atoms with E-state index >= 15 is 0 Å². The fraction of sp³-hybridized carbons (Fsp3) is 0.111. The lowest BCUT2D eigenvalue weighted by molar-refractivity contribution is -0.114. The van der Waals surface area contributed by atoms with Crippen LogP contribution in [0.4, 0.5) is 11.4 Å². The second-order valence-electron chi connectivity index (χ2n) is 3.06. The highest BCUT2D eigenvalue weighted by Gasteiger charge is 2.10. The predicted octanol–water partition coefficient (Wildman–Crippen LogP) is -0.466. The zero-order valence-corrected chi connectivity index (χ0v) is 8.70. The Morgan fingerprint density at radius 3 is 2.44 bits per heavy atom. The van der Waals surface area contributed by atoms with Crippen LogP contribution in [0.1, 0.15) is 17.3 Å². The van der Waals surface area contributed by atoms with Gasteiger partial charge in [0.2, 0.25) is 5.91 Å². The Labute approximate surface area is 92.1 Å². The zero-order valence-electron chi connectivity index (χ0n) is 8.70. The van der Waals surface area contributed by atoms with Gasteiger partial charge in [0.05, 0.1) is 11.3 Å². The largest absolute Gasteiger partial charge is 0.326 e. The Kier molecular flexibility index (Phi) is 3.81. The lowest BCUT2D eigenvalue weighted by Gasteiger charge is -2.10. The number of nitrogens with two attached hydrogens (primary N) is 2. The van der Waals surface area contributed by atoms with Crippen molar-refractivity contribution in [2.24, 2.45) is 11.7 Å². The molecule has 2 amide bonds. The van der Waals surface area contributed by atoms with Gasteiger partial charge in [0.25, 0.3) is 5.91 Å². The van der Waals surface area contributed by atoms with Gasteiger partial charge in [-0.1, -0.05) is 0 Å². The van der Waals surface area contributed by atoms with Crippen molar-refractivity contribution < 1.29 is 9.59 Å². The van der Waals surface area contributed by atoms with Crippen LogP contribution in [0.25, 0.3) is 0 Å². The van der Waals surface area contributed by atoms with Crippen molar-refractivity contribution in [2.45, 2.75) is 6.92 Å². The molecule has 0 aliphatic heterocycles. The van der Waals surface area contributed by atoms with Crippen molar-refractivity contribution in [1.29, 1.82) is 0 Å². The molecule has 0 unspecified atom stereocenters. The lowest BCUT2D eigenvalue weighted by atomic mass is 10.1. The van der Waals surface area contributed by atoms with Gasteiger partial charge in [-0.15, -0.1) is 0 Å². The monoisotopic (exact) mass is 223 g/mol. The minimum atomic E-state index is -0.500. The Morgan fingerprint density at radius 1 is 1.25 bits per heavy atom. The van der Waals surface area contributed by atoms with Crippen LogP contribution < -0.4 is 27.9 Å². The van der Waals surface area contributed by atoms with E-state index in [1.807, 2.05) is 5.43 Å². The van der Waals surface area contributed by atoms with E-state index in [1.165, 1.54) is 13.0 Å². The van der Waals surface area contributed by atoms with Gasteiger partial charge in [-0.05, 0) is 18.2 Å². The number of amides is 2. The molecular weight excluding hydrogens is 210 g/mol. The summed E-state index contributed by atoms with van der Waals surface area (Å²) in [6.45, 7) is 1.37. The minimum absolute atomic E-state index is 0.229. The van der Waals surface area contributed by atoms with Crippen molar-refractivity contribution in [2.75, 3.05) is 10.7 Å². The van der Waals surface area contributed by atoms with Crippen LogP contribution in [-0.4, -0.2) is 11.8 Å². The number of nitrogen functional groups attached to an aromatic ring is 2. The van der Waals surface area contributed by atoms with E-state index in [1.54, 1.807) is 12.1 Å². The number of hydrazine groups is 2. The molecule has 0 bridgehead atoms. The van der Waals surface area contributed by atoms with Gasteiger partial charge < -0.3 is 10.7 Å². The van der Waals surface area contributed by atoms with Crippen LogP contribution in [0.3, 0.4) is 0 Å². The first kappa shape index (κ1) is 12.0. The van der Waals surface area contributed by atoms with E-state index in [9.17, 15) is 9.59 Å². The third-order valence-corrected chi connectivity index (χ3v) is 1.87. The molecule has 16 heavy (non-hydrogen) atoms. The zero-order chi connectivity index (χ0) is 12.1. The second-order valence-corrected chi connectivity index (χ2v) is 3.06. The van der Waals surface area contributed by atoms with E-state index in [-0.39, 0.29) is 11.5 Å². The quantitative estimate of drug-likeness (QED) is 0.269. The van der Waals surface area contributed by atoms with E-state index in [4.69, 9.17) is 11.7 Å². The minimum Gasteiger partial charge on any atom is -0.326 e. The second kappa shape index (κ2) is 5.10. The molecule has 0 saturated heterocycles. The molecule has 7 nitrogen and oxygen atoms in total. The maximum atomic E-state index is 11.4. The summed E-state index contributed by atoms with van der Waals surface area (Å²) in [4.78, 5) is 22.2. The van der Waals surface area contributed by atoms with Crippen molar-refractivity contribution in [3.05, 3.63) is 23.8 Å². The molecule has 0 radical (unpaired) electrons. The van der Waals surface area contributed by atoms with Gasteiger partial charge in [-0.2, -0.15) is 0 Å². The summed E-state index contributed by atoms with van der Waals surface area (Å²) in [5.74, 6) is 9.53. The molecule has 0 atom stereocenters. The number of carbonyl (C=O) groups excluding carboxylic acids is 2. The maximum absolute atomic E-state index is 11.4. The third kappa shape index (κ3) is 2.69. The standard InChI is InChI=1S/C9H13N5O2/c1-5(15)12-6-2-3-8(13-10)7(4-6)9(16)14-11/h2-4,13H,10-11H2,1H3,(H,12,15)(H,14,16). The summed E-state index contributed by atoms with van der Waals surface area (Å²) < 4.78 is 0. The molecule has 0 heterocycles. The first-order valence-corrected chi connectivity index (χ1v) is 4.47. The van der Waals surface area contributed by atoms with Crippen LogP contribution in [-0.2, 0) is 4.79 Å². The molecule has 0 aliphatic carbocycles. The first-order valence-electron chi connectivity index (χ1n) is 4.47. The number of hydrogen-bond donors (Lipinski definition) is 5. The topological polar surface area (TPSA) is 122 Å². The first-order chi connectivity index (χ1) is 7.58. The SMILES string of the molecule is CC(=O)Nc1ccc(NN)c(C(=O)NN)c1. The smallest absolute Gasteiger partial charge is 0.267 e. The molecule has 7 heteroatoms. The summed E-state index contributed by atoms with van der Waals surface area (Å²) in [6, 6.07) is 4.65. The molecule has 0 spiro atoms. The Morgan fingerprint density at radius 2 is 1.94 bits per heavy atom. The van der Waals surface area contributed by atoms with Crippen molar-refractivity contribution in [3.63, 3.8) is 0 Å². The average Bonchev–Trinajstić information content (AvgIpc) is 2.27. The van der Waals surface area contributed by atoms with E-state index in [0.717, 1.165) is 0 Å². The van der Waals surface area contributed by atoms with Gasteiger partial charge in [0, 0.05) is 12.6 Å². The fourth-order valence-corrected chi connectivity index (χ4v) is 1.22. The molecule has 86 valence electrons. The van der Waals surface area contributed by atoms with E-state index < -0.39 is 5.91 Å². The molecular formula is C9H13N5O2. The summed E-state index contributed by atoms with van der Waals surface area (Å²) in [7, 11) is 0. The predicted molar refractivity (Wildman–Crippen MR) is 60.2 cm³/mol. The van der Waals surface area contributed by atoms with Crippen LogP contribution in [0, 0.1) is 0 Å². The normalized spacial score (nSPS) is 9.44. The summed E-state index contributed by atoms with van der Waals surface area (Å²) in [5.41, 5.74) is 5.50. The molecule has 1 aromatic rings. The number of carbonyl (C=O) groups is 2. The molecule has 0 saturated carbocycles. The third-order valence-electron chi connectivity index (χ3n) is 1.87. The maximum Gasteiger partial charge on any atom is 0.267 e. The van der Waals surface area contributed by atoms with Crippen LogP contribution in [0.5, 0.6) is 0 Å². The van der Waals surface area contributed by atoms with Gasteiger partial charge in [-0.3, -0.25) is 20.9 Å². The number of hydrogen-bond acceptors (Lipinski definition) is 5. The molecule has 0 aromatic heterocycles. The fourth-order valence-electron chi connectivity index (χ4n) is 1.22. The van der Waals surface area contributed by atoms with Gasteiger partial charge in [0.15, 0.2) is 0 Å². The molecule has 0 fully saturated rings. The van der Waals surface area contributed by atoms with E-state index in [0.29, 0.717) is 11.4 Å². The van der Waals surface area contributed by atoms with Gasteiger partial charge >= 0.3 is 0 Å². The van der Waals surface area contributed by atoms with Crippen molar-refractivity contribution in [1.82, 2.24) is 5.43 Å². The van der Waals surface area contributed by atoms with Crippen molar-refractivity contribution >= 4 is 23.2 Å². The van der Waals surface area contributed by atoms with Crippen LogP contribution >= 0.6 is 0 Å².